The van der Waals surface area contributed by atoms with Gasteiger partial charge in [-0.25, -0.2) is 0 Å². The Kier molecular flexibility index (Phi) is 59.7. The summed E-state index contributed by atoms with van der Waals surface area (Å²) in [4.78, 5) is 41.1. The molecule has 0 heterocycles. The molecule has 0 aliphatic rings. The van der Waals surface area contributed by atoms with Crippen molar-refractivity contribution < 1.29 is 102 Å². The minimum atomic E-state index is -0.711. The van der Waals surface area contributed by atoms with Gasteiger partial charge in [0.15, 0.2) is 0 Å². The van der Waals surface area contributed by atoms with Gasteiger partial charge in [-0.3, -0.25) is 25.1 Å². The van der Waals surface area contributed by atoms with E-state index in [1.807, 2.05) is 0 Å². The Hall–Kier alpha value is 0.130. The van der Waals surface area contributed by atoms with Gasteiger partial charge in [0.05, 0.1) is 31.8 Å². The zero-order valence-corrected chi connectivity index (χ0v) is 23.8. The quantitative estimate of drug-likeness (QED) is 0.137. The summed E-state index contributed by atoms with van der Waals surface area (Å²) in [7, 11) is 0. The number of carbonyl (C=O) groups excluding carboxylic acids is 4. The fourth-order valence-corrected chi connectivity index (χ4v) is 1.86. The van der Waals surface area contributed by atoms with E-state index in [4.69, 9.17) is 18.9 Å². The van der Waals surface area contributed by atoms with Crippen molar-refractivity contribution in [2.24, 2.45) is 5.41 Å². The van der Waals surface area contributed by atoms with Crippen molar-refractivity contribution in [3.05, 3.63) is 0 Å². The monoisotopic (exact) mass is 620 g/mol. The standard InChI is InChI=1S/C17H24O8.4CH2.4Cr/c18-5-1-9-22-13-17(14-23-10-2-6-19,15-24-11-3-7-20)16-25-12-4-8-21;;;;;;;;/h1-4,9-16H2;4*1H2;;;;/q-4;;;;;;;;. The van der Waals surface area contributed by atoms with Gasteiger partial charge in [-0.15, -0.1) is 25.7 Å². The van der Waals surface area contributed by atoms with Crippen molar-refractivity contribution in [3.8, 4) is 0 Å². The van der Waals surface area contributed by atoms with Gasteiger partial charge in [-0.2, -0.15) is 0 Å². The number of hydrogen-bond donors (Lipinski definition) is 0. The van der Waals surface area contributed by atoms with Gasteiger partial charge in [0.1, 0.15) is 0 Å². The average molecular weight is 620 g/mol. The summed E-state index contributed by atoms with van der Waals surface area (Å²) < 4.78 is 21.9. The van der Waals surface area contributed by atoms with Crippen LogP contribution in [-0.2, 0) is 102 Å². The fraction of sp³-hybridized carbons (Fsp3) is 0.619. The third-order valence-corrected chi connectivity index (χ3v) is 3.03. The second-order valence-corrected chi connectivity index (χ2v) is 5.29. The number of rotatable bonds is 20. The Labute approximate surface area is 230 Å². The van der Waals surface area contributed by atoms with E-state index in [0.29, 0.717) is 0 Å². The van der Waals surface area contributed by atoms with Crippen molar-refractivity contribution in [1.29, 1.82) is 0 Å². The van der Waals surface area contributed by atoms with Crippen LogP contribution in [0, 0.1) is 5.41 Å². The first kappa shape index (κ1) is 43.2. The van der Waals surface area contributed by atoms with Crippen LogP contribution in [0.5, 0.6) is 0 Å². The fourth-order valence-electron chi connectivity index (χ4n) is 1.86. The van der Waals surface area contributed by atoms with Gasteiger partial charge in [0.25, 0.3) is 0 Å². The molecule has 0 aliphatic heterocycles. The van der Waals surface area contributed by atoms with Crippen molar-refractivity contribution in [2.45, 2.75) is 25.7 Å². The van der Waals surface area contributed by atoms with E-state index in [1.165, 1.54) is 0 Å². The SMILES string of the molecule is O=[C-]CCOCC(COCC[C-]=O)(COCC[C-]=O)COCC[C-]=O.[CH2]=[Cr].[CH2]=[Cr].[CH2]=[Cr].[CH2]=[Cr]. The molecule has 0 radical (unpaired) electrons. The van der Waals surface area contributed by atoms with Crippen LogP contribution < -0.4 is 0 Å². The second-order valence-electron chi connectivity index (χ2n) is 5.29. The van der Waals surface area contributed by atoms with E-state index >= 15 is 0 Å². The van der Waals surface area contributed by atoms with Crippen LogP contribution in [0.2, 0.25) is 0 Å². The molecule has 8 nitrogen and oxygen atoms in total. The van der Waals surface area contributed by atoms with E-state index in [2.05, 4.69) is 84.9 Å². The van der Waals surface area contributed by atoms with E-state index < -0.39 is 5.41 Å². The zero-order valence-electron chi connectivity index (χ0n) is 18.7. The van der Waals surface area contributed by atoms with E-state index in [-0.39, 0.29) is 78.5 Å². The third-order valence-electron chi connectivity index (χ3n) is 3.03. The Balaban J connectivity index is -0.000000292. The Morgan fingerprint density at radius 3 is 0.788 bits per heavy atom. The van der Waals surface area contributed by atoms with Gasteiger partial charge in [-0.1, -0.05) is 0 Å². The average Bonchev–Trinajstić information content (AvgIpc) is 2.90. The molecule has 12 heteroatoms. The molecule has 0 rings (SSSR count). The normalized spacial score (nSPS) is 8.97. The molecular weight excluding hydrogens is 588 g/mol. The molecule has 0 aromatic carbocycles. The van der Waals surface area contributed by atoms with Crippen LogP contribution >= 0.6 is 0 Å². The molecule has 0 aromatic heterocycles. The van der Waals surface area contributed by atoms with Crippen molar-refractivity contribution in [3.63, 3.8) is 0 Å². The summed E-state index contributed by atoms with van der Waals surface area (Å²) >= 11 is 9.50. The molecule has 0 aromatic rings. The van der Waals surface area contributed by atoms with Gasteiger partial charge in [0.2, 0.25) is 0 Å². The first-order valence-electron chi connectivity index (χ1n) is 9.11. The summed E-state index contributed by atoms with van der Waals surface area (Å²) in [5, 5.41) is 12.5. The predicted octanol–water partition coefficient (Wildman–Crippen LogP) is -0.101. The van der Waals surface area contributed by atoms with E-state index in [1.54, 1.807) is 25.1 Å². The van der Waals surface area contributed by atoms with Crippen LogP contribution in [0.25, 0.3) is 0 Å². The number of ether oxygens (including phenoxy) is 4. The van der Waals surface area contributed by atoms with Crippen LogP contribution in [0.15, 0.2) is 0 Å². The summed E-state index contributed by atoms with van der Waals surface area (Å²) in [6, 6.07) is 0. The Morgan fingerprint density at radius 2 is 0.636 bits per heavy atom. The van der Waals surface area contributed by atoms with Gasteiger partial charge in [0, 0.05) is 26.4 Å². The topological polar surface area (TPSA) is 105 Å². The molecule has 0 bridgehead atoms. The molecule has 0 spiro atoms. The van der Waals surface area contributed by atoms with Gasteiger partial charge in [-0.05, 0) is 0 Å². The maximum absolute atomic E-state index is 10.3. The molecule has 0 atom stereocenters. The molecule has 0 fully saturated rings. The summed E-state index contributed by atoms with van der Waals surface area (Å²) in [6.45, 7) is 1.47. The van der Waals surface area contributed by atoms with E-state index in [9.17, 15) is 19.2 Å². The summed E-state index contributed by atoms with van der Waals surface area (Å²) in [5.41, 5.74) is -0.711. The molecule has 0 unspecified atom stereocenters. The van der Waals surface area contributed by atoms with Gasteiger partial charge < -0.3 is 38.1 Å². The van der Waals surface area contributed by atoms with Crippen LogP contribution in [0.1, 0.15) is 25.7 Å². The van der Waals surface area contributed by atoms with Crippen LogP contribution in [0.4, 0.5) is 0 Å². The number of hydrogen-bond acceptors (Lipinski definition) is 8. The summed E-state index contributed by atoms with van der Waals surface area (Å²) in [5.74, 6) is 0. The van der Waals surface area contributed by atoms with Crippen molar-refractivity contribution in [1.82, 2.24) is 0 Å². The molecule has 33 heavy (non-hydrogen) atoms. The molecule has 0 saturated carbocycles. The molecule has 0 aliphatic carbocycles. The molecule has 0 N–H and O–H groups in total. The Morgan fingerprint density at radius 1 is 0.455 bits per heavy atom. The molecular formula is C21H32Cr4O8-4. The van der Waals surface area contributed by atoms with E-state index in [0.717, 1.165) is 0 Å². The first-order chi connectivity index (χ1) is 16.2. The zero-order chi connectivity index (χ0) is 26.6. The summed E-state index contributed by atoms with van der Waals surface area (Å²) in [6.07, 6.45) is 7.50. The molecule has 0 saturated heterocycles. The van der Waals surface area contributed by atoms with Crippen molar-refractivity contribution >= 4 is 46.7 Å². The molecule has 192 valence electrons. The van der Waals surface area contributed by atoms with Crippen molar-refractivity contribution in [2.75, 3.05) is 52.9 Å². The Bertz CT molecular complexity index is 354. The third kappa shape index (κ3) is 36.9. The van der Waals surface area contributed by atoms with Gasteiger partial charge >= 0.3 is 84.9 Å². The maximum atomic E-state index is 10.3. The van der Waals surface area contributed by atoms with Crippen LogP contribution in [-0.4, -0.2) is 99.5 Å². The van der Waals surface area contributed by atoms with Crippen LogP contribution in [0.3, 0.4) is 0 Å². The second kappa shape index (κ2) is 45.6. The molecule has 0 amide bonds. The predicted molar refractivity (Wildman–Crippen MR) is 115 cm³/mol. The first-order valence-corrected chi connectivity index (χ1v) is 12.7. The minimum absolute atomic E-state index is 0.138.